The van der Waals surface area contributed by atoms with E-state index in [-0.39, 0.29) is 51.0 Å². The molecule has 1 fully saturated rings. The van der Waals surface area contributed by atoms with Crippen LogP contribution in [0.4, 0.5) is 0 Å². The van der Waals surface area contributed by atoms with Crippen molar-refractivity contribution in [2.45, 2.75) is 264 Å². The van der Waals surface area contributed by atoms with Gasteiger partial charge in [-0.15, -0.1) is 0 Å². The van der Waals surface area contributed by atoms with Gasteiger partial charge in [0.1, 0.15) is 78.5 Å². The molecular weight excluding hydrogens is 1480 g/mol. The minimum Gasteiger partial charge on any atom is -0.481 e. The Morgan fingerprint density at radius 3 is 1.19 bits per heavy atom. The van der Waals surface area contributed by atoms with E-state index < -0.39 is 291 Å². The molecule has 1 aliphatic rings. The molecule has 25 N–H and O–H groups in total. The Hall–Kier alpha value is -10.7. The Morgan fingerprint density at radius 1 is 0.402 bits per heavy atom. The van der Waals surface area contributed by atoms with E-state index in [1.165, 1.54) is 13.8 Å². The number of nitrogens with one attached hydrogen (secondary N) is 13. The number of nitrogens with two attached hydrogens (primary N) is 3. The van der Waals surface area contributed by atoms with Crippen LogP contribution in [0.25, 0.3) is 0 Å². The molecule has 0 aromatic carbocycles. The van der Waals surface area contributed by atoms with Crippen LogP contribution in [0, 0.1) is 29.6 Å². The number of rotatable bonds is 52. The van der Waals surface area contributed by atoms with Crippen LogP contribution < -0.4 is 86.3 Å². The standard InChI is InChI=1S/C69H115N17O26/c1-30(2)22-40(62(104)82-45(69(111)112)27-53(96)97)77-56(98)35(11)74-64(106)46(29-87)83-67(109)55(36(12)88)85-66(108)54(34(9)10)84-63(105)44(26-49(72)90)81-61(103)43(25-33(7)8)80-60(102)42(24-32(5)6)79-58(100)39(16-18-48(71)89)76-59(101)41(23-31(3)4)78-57(99)38(17-20-52(94)95)75-50(91)28-73-65(107)47-14-13-21-86(47)68(110)37(70)15-19-51(92)93/h30-47,54-55,87-88H,13-29,70H2,1-12H3,(H2,71,89)(H2,72,90)(H,73,107)(H,74,106)(H,75,91)(H,76,101)(H,77,98)(H,78,99)(H,79,100)(H,80,102)(H,81,103)(H,82,104)(H,83,109)(H,84,105)(H,85,108)(H,92,93)(H,94,95)(H,96,97)(H,111,112)/t35-,36+,37-,38-,39-,40-,41-,42-,43-,44-,45-,46-,47-,54-,55-/m0/s1. The van der Waals surface area contributed by atoms with E-state index >= 15 is 0 Å². The number of carboxylic acid groups (broad SMARTS) is 4. The molecule has 112 heavy (non-hydrogen) atoms. The molecule has 0 bridgehead atoms. The zero-order valence-corrected chi connectivity index (χ0v) is 65.1. The van der Waals surface area contributed by atoms with E-state index in [1.807, 2.05) is 5.32 Å². The van der Waals surface area contributed by atoms with Crippen LogP contribution in [-0.2, 0) is 95.9 Å². The summed E-state index contributed by atoms with van der Waals surface area (Å²) in [4.78, 5) is 264. The molecule has 1 saturated heterocycles. The third-order valence-corrected chi connectivity index (χ3v) is 17.1. The molecule has 43 heteroatoms. The first-order valence-corrected chi connectivity index (χ1v) is 36.7. The average Bonchev–Trinajstić information content (AvgIpc) is 1.67. The van der Waals surface area contributed by atoms with Crippen molar-refractivity contribution in [1.29, 1.82) is 0 Å². The number of aliphatic carboxylic acids is 4. The summed E-state index contributed by atoms with van der Waals surface area (Å²) in [5, 5.41) is 88.5. The number of carbonyl (C=O) groups excluding carboxylic acids is 16. The normalized spacial score (nSPS) is 16.4. The van der Waals surface area contributed by atoms with E-state index in [0.29, 0.717) is 6.42 Å². The Labute approximate surface area is 646 Å². The molecule has 43 nitrogen and oxygen atoms in total. The van der Waals surface area contributed by atoms with Crippen LogP contribution in [0.15, 0.2) is 0 Å². The third kappa shape index (κ3) is 36.9. The molecule has 0 radical (unpaired) electrons. The number of nitrogens with zero attached hydrogens (tertiary/aromatic N) is 1. The highest BCUT2D eigenvalue weighted by atomic mass is 16.4. The maximum Gasteiger partial charge on any atom is 0.326 e. The van der Waals surface area contributed by atoms with Gasteiger partial charge in [0, 0.05) is 25.8 Å². The summed E-state index contributed by atoms with van der Waals surface area (Å²) in [6.07, 6.45) is -6.63. The molecule has 0 aromatic heterocycles. The number of carbonyl (C=O) groups is 20. The summed E-state index contributed by atoms with van der Waals surface area (Å²) in [5.41, 5.74) is 16.9. The minimum absolute atomic E-state index is 0.0859. The highest BCUT2D eigenvalue weighted by molar-refractivity contribution is 6.01. The van der Waals surface area contributed by atoms with Crippen molar-refractivity contribution in [3.05, 3.63) is 0 Å². The van der Waals surface area contributed by atoms with Crippen molar-refractivity contribution in [2.24, 2.45) is 46.8 Å². The molecule has 1 heterocycles. The van der Waals surface area contributed by atoms with Crippen molar-refractivity contribution >= 4 is 118 Å². The van der Waals surface area contributed by atoms with Crippen LogP contribution in [0.3, 0.4) is 0 Å². The highest BCUT2D eigenvalue weighted by Crippen LogP contribution is 2.20. The van der Waals surface area contributed by atoms with Crippen molar-refractivity contribution < 1.29 is 127 Å². The van der Waals surface area contributed by atoms with E-state index in [9.17, 15) is 116 Å². The van der Waals surface area contributed by atoms with Crippen molar-refractivity contribution in [2.75, 3.05) is 19.7 Å². The number of aliphatic hydroxyl groups is 2. The summed E-state index contributed by atoms with van der Waals surface area (Å²) in [6.45, 7) is 16.4. The largest absolute Gasteiger partial charge is 0.481 e. The van der Waals surface area contributed by atoms with Crippen molar-refractivity contribution in [1.82, 2.24) is 74.0 Å². The first kappa shape index (κ1) is 99.3. The fourth-order valence-corrected chi connectivity index (χ4v) is 11.3. The van der Waals surface area contributed by atoms with E-state index in [2.05, 4.69) is 63.8 Å². The lowest BCUT2D eigenvalue weighted by Crippen LogP contribution is -2.63. The average molecular weight is 1600 g/mol. The molecule has 15 atom stereocenters. The molecule has 0 saturated carbocycles. The maximum absolute atomic E-state index is 14.5. The number of likely N-dealkylation sites (tertiary alicyclic amines) is 1. The van der Waals surface area contributed by atoms with Crippen molar-refractivity contribution in [3.8, 4) is 0 Å². The number of carboxylic acids is 4. The summed E-state index contributed by atoms with van der Waals surface area (Å²) in [6, 6.07) is -22.6. The molecule has 16 amide bonds. The van der Waals surface area contributed by atoms with Gasteiger partial charge in [0.15, 0.2) is 0 Å². The lowest BCUT2D eigenvalue weighted by molar-refractivity contribution is -0.147. The molecule has 1 aliphatic heterocycles. The molecule has 0 spiro atoms. The van der Waals surface area contributed by atoms with Gasteiger partial charge >= 0.3 is 23.9 Å². The number of aliphatic hydroxyl groups excluding tert-OH is 2. The van der Waals surface area contributed by atoms with Crippen LogP contribution in [0.1, 0.15) is 173 Å². The fraction of sp³-hybridized carbons (Fsp3) is 0.710. The number of hydrogen-bond donors (Lipinski definition) is 22. The Morgan fingerprint density at radius 2 is 0.777 bits per heavy atom. The SMILES string of the molecule is CC(C)C[C@H](NC(=O)[C@H](C)NC(=O)[C@H](CO)NC(=O)[C@@H](NC(=O)[C@@H](NC(=O)[C@H](CC(N)=O)NC(=O)[C@H](CC(C)C)NC(=O)[C@H](CC(C)C)NC(=O)[C@H](CCC(N)=O)NC(=O)[C@H](CC(C)C)NC(=O)[C@H](CCC(=O)O)NC(=O)CNC(=O)[C@@H]1CCCN1C(=O)[C@@H](N)CCC(=O)O)C(C)C)[C@@H](C)O)C(=O)N[C@@H](CC(=O)O)C(=O)O. The predicted molar refractivity (Wildman–Crippen MR) is 392 cm³/mol. The molecule has 632 valence electrons. The smallest absolute Gasteiger partial charge is 0.326 e. The van der Waals surface area contributed by atoms with Crippen LogP contribution in [0.2, 0.25) is 0 Å². The van der Waals surface area contributed by atoms with Gasteiger partial charge in [-0.3, -0.25) is 91.1 Å². The summed E-state index contributed by atoms with van der Waals surface area (Å²) < 4.78 is 0. The highest BCUT2D eigenvalue weighted by Gasteiger charge is 2.41. The monoisotopic (exact) mass is 1600 g/mol. The fourth-order valence-electron chi connectivity index (χ4n) is 11.3. The molecule has 0 unspecified atom stereocenters. The lowest BCUT2D eigenvalue weighted by atomic mass is 9.98. The second-order valence-corrected chi connectivity index (χ2v) is 29.5. The predicted octanol–water partition coefficient (Wildman–Crippen LogP) is -7.10. The van der Waals surface area contributed by atoms with Crippen molar-refractivity contribution in [3.63, 3.8) is 0 Å². The van der Waals surface area contributed by atoms with Gasteiger partial charge in [-0.05, 0) is 101 Å². The van der Waals surface area contributed by atoms with Crippen LogP contribution >= 0.6 is 0 Å². The first-order valence-electron chi connectivity index (χ1n) is 36.7. The van der Waals surface area contributed by atoms with Gasteiger partial charge in [-0.1, -0.05) is 69.2 Å². The Bertz CT molecular complexity index is 3350. The number of amides is 16. The zero-order chi connectivity index (χ0) is 85.9. The summed E-state index contributed by atoms with van der Waals surface area (Å²) in [7, 11) is 0. The summed E-state index contributed by atoms with van der Waals surface area (Å²) >= 11 is 0. The lowest BCUT2D eigenvalue weighted by Gasteiger charge is -2.30. The van der Waals surface area contributed by atoms with E-state index in [4.69, 9.17) is 27.4 Å². The topological polar surface area (TPSA) is 700 Å². The molecular formula is C69H115N17O26. The second kappa shape index (κ2) is 48.8. The minimum atomic E-state index is -1.96. The second-order valence-electron chi connectivity index (χ2n) is 29.5. The van der Waals surface area contributed by atoms with E-state index in [0.717, 1.165) is 18.7 Å². The van der Waals surface area contributed by atoms with Crippen LogP contribution in [-0.4, -0.2) is 264 Å². The Balaban J connectivity index is 3.47. The van der Waals surface area contributed by atoms with Gasteiger partial charge in [0.05, 0.1) is 38.1 Å². The van der Waals surface area contributed by atoms with E-state index in [1.54, 1.807) is 55.4 Å². The number of primary amides is 2. The van der Waals surface area contributed by atoms with Gasteiger partial charge in [0.25, 0.3) is 0 Å². The van der Waals surface area contributed by atoms with Gasteiger partial charge in [-0.25, -0.2) is 4.79 Å². The van der Waals surface area contributed by atoms with Gasteiger partial charge < -0.3 is 122 Å². The first-order chi connectivity index (χ1) is 52.0. The number of hydrogen-bond acceptors (Lipinski definition) is 23. The maximum atomic E-state index is 14.5. The third-order valence-electron chi connectivity index (χ3n) is 17.1. The molecule has 1 rings (SSSR count). The Kier molecular flexibility index (Phi) is 43.3. The van der Waals surface area contributed by atoms with Crippen LogP contribution in [0.5, 0.6) is 0 Å². The quantitative estimate of drug-likeness (QED) is 0.0269. The zero-order valence-electron chi connectivity index (χ0n) is 65.1. The van der Waals surface area contributed by atoms with Gasteiger partial charge in [-0.2, -0.15) is 0 Å². The molecule has 0 aliphatic carbocycles. The molecule has 0 aromatic rings. The van der Waals surface area contributed by atoms with Gasteiger partial charge in [0.2, 0.25) is 94.5 Å². The summed E-state index contributed by atoms with van der Waals surface area (Å²) in [5.74, 6) is -25.1.